The van der Waals surface area contributed by atoms with Crippen LogP contribution in [0.1, 0.15) is 0 Å². The smallest absolute Gasteiger partial charge is 0.163 e. The Bertz CT molecular complexity index is 1140. The van der Waals surface area contributed by atoms with E-state index in [9.17, 15) is 4.39 Å². The van der Waals surface area contributed by atoms with E-state index < -0.39 is 5.82 Å². The molecule has 0 bridgehead atoms. The van der Waals surface area contributed by atoms with Gasteiger partial charge in [-0.15, -0.1) is 0 Å². The molecule has 0 fully saturated rings. The second-order valence-corrected chi connectivity index (χ2v) is 6.68. The third kappa shape index (κ3) is 4.25. The van der Waals surface area contributed by atoms with Crippen molar-refractivity contribution in [1.82, 2.24) is 14.8 Å². The highest BCUT2D eigenvalue weighted by Crippen LogP contribution is 2.36. The fraction of sp³-hybridized carbons (Fsp3) is 0.143. The first-order valence-corrected chi connectivity index (χ1v) is 9.31. The maximum absolute atomic E-state index is 14.2. The standard InChI is InChI=1S/C21H18ClFN4O2/c1-28-20-12-15-17(26-18-4-3-14(22)11-16(18)23)5-7-24-19(15)13-21(20)29-10-9-27-8-2-6-25-27/h2-8,11-13H,9-10H2,1H3,(H,24,26). The van der Waals surface area contributed by atoms with E-state index in [1.54, 1.807) is 48.5 Å². The van der Waals surface area contributed by atoms with Crippen LogP contribution in [0.3, 0.4) is 0 Å². The summed E-state index contributed by atoms with van der Waals surface area (Å²) in [6.07, 6.45) is 5.24. The molecular formula is C21H18ClFN4O2. The molecular weight excluding hydrogens is 395 g/mol. The third-order valence-corrected chi connectivity index (χ3v) is 4.60. The summed E-state index contributed by atoms with van der Waals surface area (Å²) in [4.78, 5) is 4.41. The summed E-state index contributed by atoms with van der Waals surface area (Å²) in [5.74, 6) is 0.702. The molecule has 1 N–H and O–H groups in total. The highest BCUT2D eigenvalue weighted by Gasteiger charge is 2.12. The number of rotatable bonds is 7. The van der Waals surface area contributed by atoms with Gasteiger partial charge in [0.1, 0.15) is 12.4 Å². The Morgan fingerprint density at radius 3 is 2.76 bits per heavy atom. The molecule has 0 atom stereocenters. The summed E-state index contributed by atoms with van der Waals surface area (Å²) < 4.78 is 27.3. The Morgan fingerprint density at radius 1 is 1.10 bits per heavy atom. The first-order chi connectivity index (χ1) is 14.1. The highest BCUT2D eigenvalue weighted by molar-refractivity contribution is 6.30. The predicted octanol–water partition coefficient (Wildman–Crippen LogP) is 5.06. The van der Waals surface area contributed by atoms with E-state index in [-0.39, 0.29) is 0 Å². The minimum Gasteiger partial charge on any atom is -0.493 e. The first-order valence-electron chi connectivity index (χ1n) is 8.93. The van der Waals surface area contributed by atoms with Gasteiger partial charge in [0.15, 0.2) is 11.5 Å². The number of anilines is 2. The van der Waals surface area contributed by atoms with E-state index in [0.717, 1.165) is 5.39 Å². The Kier molecular flexibility index (Phi) is 5.48. The molecule has 2 aromatic heterocycles. The first kappa shape index (κ1) is 19.0. The Hall–Kier alpha value is -3.32. The molecule has 4 rings (SSSR count). The van der Waals surface area contributed by atoms with Crippen molar-refractivity contribution in [3.8, 4) is 11.5 Å². The molecule has 8 heteroatoms. The molecule has 148 valence electrons. The van der Waals surface area contributed by atoms with Crippen LogP contribution in [0.4, 0.5) is 15.8 Å². The number of hydrogen-bond donors (Lipinski definition) is 1. The van der Waals surface area contributed by atoms with E-state index >= 15 is 0 Å². The molecule has 6 nitrogen and oxygen atoms in total. The van der Waals surface area contributed by atoms with E-state index in [1.165, 1.54) is 6.07 Å². The minimum absolute atomic E-state index is 0.320. The van der Waals surface area contributed by atoms with Crippen LogP contribution in [0.25, 0.3) is 10.9 Å². The van der Waals surface area contributed by atoms with E-state index in [0.29, 0.717) is 46.6 Å². The lowest BCUT2D eigenvalue weighted by Gasteiger charge is -2.15. The quantitative estimate of drug-likeness (QED) is 0.460. The number of aromatic nitrogens is 3. The second kappa shape index (κ2) is 8.36. The number of nitrogens with one attached hydrogen (secondary N) is 1. The molecule has 0 aliphatic carbocycles. The van der Waals surface area contributed by atoms with Crippen LogP contribution in [0, 0.1) is 5.82 Å². The third-order valence-electron chi connectivity index (χ3n) is 4.36. The van der Waals surface area contributed by atoms with E-state index in [2.05, 4.69) is 15.4 Å². The van der Waals surface area contributed by atoms with Crippen molar-refractivity contribution in [3.63, 3.8) is 0 Å². The van der Waals surface area contributed by atoms with Gasteiger partial charge in [-0.2, -0.15) is 5.10 Å². The lowest BCUT2D eigenvalue weighted by Crippen LogP contribution is -2.09. The predicted molar refractivity (Wildman–Crippen MR) is 111 cm³/mol. The lowest BCUT2D eigenvalue weighted by atomic mass is 10.1. The molecule has 0 saturated carbocycles. The number of ether oxygens (including phenoxy) is 2. The molecule has 0 aliphatic rings. The molecule has 0 amide bonds. The van der Waals surface area contributed by atoms with Crippen LogP contribution < -0.4 is 14.8 Å². The van der Waals surface area contributed by atoms with Gasteiger partial charge in [0.25, 0.3) is 0 Å². The van der Waals surface area contributed by atoms with Crippen molar-refractivity contribution in [2.24, 2.45) is 0 Å². The summed E-state index contributed by atoms with van der Waals surface area (Å²) >= 11 is 5.83. The number of halogens is 2. The average molecular weight is 413 g/mol. The van der Waals surface area contributed by atoms with Crippen molar-refractivity contribution < 1.29 is 13.9 Å². The monoisotopic (exact) mass is 412 g/mol. The summed E-state index contributed by atoms with van der Waals surface area (Å²) in [6, 6.07) is 11.7. The van der Waals surface area contributed by atoms with Crippen molar-refractivity contribution in [2.75, 3.05) is 19.0 Å². The van der Waals surface area contributed by atoms with Crippen LogP contribution in [-0.4, -0.2) is 28.5 Å². The molecule has 0 spiro atoms. The fourth-order valence-electron chi connectivity index (χ4n) is 2.95. The second-order valence-electron chi connectivity index (χ2n) is 6.25. The largest absolute Gasteiger partial charge is 0.493 e. The molecule has 29 heavy (non-hydrogen) atoms. The van der Waals surface area contributed by atoms with Gasteiger partial charge in [-0.1, -0.05) is 11.6 Å². The van der Waals surface area contributed by atoms with Crippen molar-refractivity contribution >= 4 is 33.9 Å². The number of hydrogen-bond acceptors (Lipinski definition) is 5. The van der Waals surface area contributed by atoms with Crippen molar-refractivity contribution in [2.45, 2.75) is 6.54 Å². The summed E-state index contributed by atoms with van der Waals surface area (Å²) in [5.41, 5.74) is 1.71. The zero-order valence-corrected chi connectivity index (χ0v) is 16.4. The van der Waals surface area contributed by atoms with Gasteiger partial charge in [-0.05, 0) is 36.4 Å². The van der Waals surface area contributed by atoms with Gasteiger partial charge in [0.2, 0.25) is 0 Å². The molecule has 0 saturated heterocycles. The number of pyridine rings is 1. The maximum Gasteiger partial charge on any atom is 0.163 e. The van der Waals surface area contributed by atoms with Gasteiger partial charge < -0.3 is 14.8 Å². The molecule has 2 heterocycles. The van der Waals surface area contributed by atoms with Gasteiger partial charge in [-0.25, -0.2) is 4.39 Å². The van der Waals surface area contributed by atoms with Crippen molar-refractivity contribution in [1.29, 1.82) is 0 Å². The van der Waals surface area contributed by atoms with E-state index in [4.69, 9.17) is 21.1 Å². The molecule has 4 aromatic rings. The van der Waals surface area contributed by atoms with Gasteiger partial charge in [0.05, 0.1) is 24.9 Å². The van der Waals surface area contributed by atoms with Crippen LogP contribution in [0.5, 0.6) is 11.5 Å². The SMILES string of the molecule is COc1cc2c(Nc3ccc(Cl)cc3F)ccnc2cc1OCCn1cccn1. The normalized spacial score (nSPS) is 10.9. The molecule has 0 radical (unpaired) electrons. The Morgan fingerprint density at radius 2 is 2.00 bits per heavy atom. The summed E-state index contributed by atoms with van der Waals surface area (Å²) in [7, 11) is 1.57. The highest BCUT2D eigenvalue weighted by atomic mass is 35.5. The maximum atomic E-state index is 14.2. The van der Waals surface area contributed by atoms with Gasteiger partial charge >= 0.3 is 0 Å². The number of benzene rings is 2. The van der Waals surface area contributed by atoms with Crippen LogP contribution in [0.2, 0.25) is 5.02 Å². The van der Waals surface area contributed by atoms with E-state index in [1.807, 2.05) is 18.3 Å². The average Bonchev–Trinajstić information content (AvgIpc) is 3.23. The molecule has 2 aromatic carbocycles. The molecule has 0 aliphatic heterocycles. The van der Waals surface area contributed by atoms with Gasteiger partial charge in [0, 0.05) is 40.8 Å². The summed E-state index contributed by atoms with van der Waals surface area (Å²) in [5, 5.41) is 8.36. The van der Waals surface area contributed by atoms with Crippen LogP contribution >= 0.6 is 11.6 Å². The summed E-state index contributed by atoms with van der Waals surface area (Å²) in [6.45, 7) is 1.04. The van der Waals surface area contributed by atoms with Crippen LogP contribution in [-0.2, 0) is 6.54 Å². The van der Waals surface area contributed by atoms with Gasteiger partial charge in [-0.3, -0.25) is 9.67 Å². The van der Waals surface area contributed by atoms with Crippen LogP contribution in [0.15, 0.2) is 61.1 Å². The fourth-order valence-corrected chi connectivity index (χ4v) is 3.11. The lowest BCUT2D eigenvalue weighted by molar-refractivity contribution is 0.275. The van der Waals surface area contributed by atoms with Crippen molar-refractivity contribution in [3.05, 3.63) is 71.9 Å². The molecule has 0 unspecified atom stereocenters. The number of methoxy groups -OCH3 is 1. The zero-order chi connectivity index (χ0) is 20.2. The zero-order valence-electron chi connectivity index (χ0n) is 15.6. The number of fused-ring (bicyclic) bond motifs is 1. The topological polar surface area (TPSA) is 61.2 Å². The number of nitrogens with zero attached hydrogens (tertiary/aromatic N) is 3. The Balaban J connectivity index is 1.62. The Labute approximate surface area is 171 Å². The minimum atomic E-state index is -0.437.